The molecule has 0 aromatic carbocycles. The summed E-state index contributed by atoms with van der Waals surface area (Å²) in [5.41, 5.74) is 0. The van der Waals surface area contributed by atoms with Gasteiger partial charge in [-0.3, -0.25) is 0 Å². The number of halogens is 1. The van der Waals surface area contributed by atoms with Gasteiger partial charge in [-0.05, 0) is 0 Å². The molecular weight excluding hydrogens is 274 g/mol. The Morgan fingerprint density at radius 2 is 1.17 bits per heavy atom. The van der Waals surface area contributed by atoms with E-state index in [2.05, 4.69) is 0 Å². The van der Waals surface area contributed by atoms with Crippen molar-refractivity contribution in [3.8, 4) is 0 Å². The van der Waals surface area contributed by atoms with Crippen LogP contribution in [0, 0.1) is 47.1 Å². The summed E-state index contributed by atoms with van der Waals surface area (Å²) in [6, 6.07) is 0. The molecule has 0 rings (SSSR count). The molecule has 0 saturated heterocycles. The van der Waals surface area contributed by atoms with Crippen molar-refractivity contribution in [3.63, 3.8) is 0 Å². The van der Waals surface area contributed by atoms with E-state index in [1.165, 1.54) is 0 Å². The Kier molecular flexibility index (Phi) is 5.83. The van der Waals surface area contributed by atoms with Crippen molar-refractivity contribution in [1.29, 1.82) is 0 Å². The molecule has 1 radical (unpaired) electrons. The summed E-state index contributed by atoms with van der Waals surface area (Å²) in [5, 5.41) is 0. The van der Waals surface area contributed by atoms with E-state index in [0.29, 0.717) is 0 Å². The Labute approximate surface area is 65.3 Å². The van der Waals surface area contributed by atoms with Crippen LogP contribution in [0.3, 0.4) is 0 Å². The summed E-state index contributed by atoms with van der Waals surface area (Å²) in [6.07, 6.45) is 0. The second-order valence-corrected chi connectivity index (χ2v) is 1.19. The average Bonchev–Trinajstić information content (AvgIpc) is 0.722. The molecule has 1 N–H and O–H groups in total. The van der Waals surface area contributed by atoms with Crippen LogP contribution in [0.5, 0.6) is 0 Å². The van der Waals surface area contributed by atoms with Gasteiger partial charge in [0.2, 0.25) is 0 Å². The van der Waals surface area contributed by atoms with Gasteiger partial charge in [-0.25, -0.2) is 0 Å². The number of rotatable bonds is 0. The maximum Gasteiger partial charge on any atom is 0.0777 e. The third kappa shape index (κ3) is 54.9. The van der Waals surface area contributed by atoms with E-state index in [4.69, 9.17) is 18.6 Å². The van der Waals surface area contributed by atoms with E-state index in [1.807, 2.05) is 0 Å². The SMILES string of the molecule is [Lu].[O-][Cl+3]([O-])([O-])O. The topological polar surface area (TPSA) is 89.4 Å². The quantitative estimate of drug-likeness (QED) is 0.486. The summed E-state index contributed by atoms with van der Waals surface area (Å²) in [5.74, 6) is 0. The summed E-state index contributed by atoms with van der Waals surface area (Å²) in [6.45, 7) is 0. The van der Waals surface area contributed by atoms with Crippen molar-refractivity contribution in [1.82, 2.24) is 0 Å². The van der Waals surface area contributed by atoms with E-state index in [1.54, 1.807) is 0 Å². The minimum Gasteiger partial charge on any atom is -0.183 e. The Hall–Kier alpha value is 1.36. The van der Waals surface area contributed by atoms with Gasteiger partial charge >= 0.3 is 0 Å². The largest absolute Gasteiger partial charge is 0.183 e. The Bertz CT molecular complexity index is 23.0. The maximum absolute atomic E-state index is 8.60. The van der Waals surface area contributed by atoms with Crippen LogP contribution in [0.25, 0.3) is 0 Å². The van der Waals surface area contributed by atoms with Gasteiger partial charge in [-0.2, -0.15) is 14.0 Å². The normalized spacial score (nSPS) is 10.0. The van der Waals surface area contributed by atoms with E-state index < -0.39 is 10.2 Å². The second kappa shape index (κ2) is 3.38. The van der Waals surface area contributed by atoms with Crippen LogP contribution in [0.1, 0.15) is 0 Å². The van der Waals surface area contributed by atoms with Crippen LogP contribution < -0.4 is 14.0 Å². The molecular formula is HClLuO4. The van der Waals surface area contributed by atoms with E-state index in [-0.39, 0.29) is 36.9 Å². The Balaban J connectivity index is 0. The fourth-order valence-corrected chi connectivity index (χ4v) is 0. The molecule has 0 aromatic rings. The first-order valence-corrected chi connectivity index (χ1v) is 1.90. The third-order valence-electron chi connectivity index (χ3n) is 0. The number of hydrogen-bond donors (Lipinski definition) is 1. The molecule has 0 aliphatic carbocycles. The predicted octanol–water partition coefficient (Wildman–Crippen LogP) is -4.12. The van der Waals surface area contributed by atoms with Gasteiger partial charge in [0.15, 0.2) is 0 Å². The predicted molar refractivity (Wildman–Crippen MR) is 2.22 cm³/mol. The first-order valence-electron chi connectivity index (χ1n) is 0.632. The molecule has 6 heteroatoms. The minimum absolute atomic E-state index is 0. The molecule has 4 nitrogen and oxygen atoms in total. The Morgan fingerprint density at radius 1 is 1.17 bits per heavy atom. The van der Waals surface area contributed by atoms with Gasteiger partial charge in [0, 0.05) is 36.9 Å². The van der Waals surface area contributed by atoms with Gasteiger partial charge in [0.1, 0.15) is 0 Å². The summed E-state index contributed by atoms with van der Waals surface area (Å²) < 4.78 is 32.7. The fourth-order valence-electron chi connectivity index (χ4n) is 0. The molecule has 6 heavy (non-hydrogen) atoms. The van der Waals surface area contributed by atoms with Crippen molar-refractivity contribution in [2.75, 3.05) is 0 Å². The molecule has 0 spiro atoms. The molecule has 0 aliphatic rings. The van der Waals surface area contributed by atoms with Gasteiger partial charge in [-0.15, -0.1) is 0 Å². The van der Waals surface area contributed by atoms with Crippen LogP contribution in [0.2, 0.25) is 0 Å². The van der Waals surface area contributed by atoms with Crippen molar-refractivity contribution in [2.45, 2.75) is 0 Å². The zero-order valence-corrected chi connectivity index (χ0v) is 4.72. The van der Waals surface area contributed by atoms with Crippen molar-refractivity contribution < 1.29 is 65.8 Å². The zero-order valence-electron chi connectivity index (χ0n) is 2.31. The molecule has 0 bridgehead atoms. The summed E-state index contributed by atoms with van der Waals surface area (Å²) in [4.78, 5) is 0. The second-order valence-electron chi connectivity index (χ2n) is 0.396. The first kappa shape index (κ1) is 10.4. The molecule has 0 unspecified atom stereocenters. The monoisotopic (exact) mass is 275 g/mol. The van der Waals surface area contributed by atoms with Crippen molar-refractivity contribution in [3.05, 3.63) is 0 Å². The maximum atomic E-state index is 8.60. The molecule has 0 amide bonds. The smallest absolute Gasteiger partial charge is 0.0777 e. The molecule has 47 valence electrons. The zero-order chi connectivity index (χ0) is 4.50. The third-order valence-corrected chi connectivity index (χ3v) is 0. The van der Waals surface area contributed by atoms with Gasteiger partial charge in [0.25, 0.3) is 0 Å². The standard InChI is InChI=1S/ClHO4.Lu/c2-1(3,4)5;/h(H,2,3,4,5);. The van der Waals surface area contributed by atoms with Crippen molar-refractivity contribution >= 4 is 0 Å². The van der Waals surface area contributed by atoms with E-state index in [0.717, 1.165) is 0 Å². The van der Waals surface area contributed by atoms with Crippen LogP contribution in [-0.4, -0.2) is 4.66 Å². The van der Waals surface area contributed by atoms with Crippen LogP contribution in [0.15, 0.2) is 0 Å². The molecule has 0 fully saturated rings. The average molecular weight is 275 g/mol. The fraction of sp³-hybridized carbons (Fsp3) is 0. The van der Waals surface area contributed by atoms with E-state index >= 15 is 0 Å². The van der Waals surface area contributed by atoms with Gasteiger partial charge in [-0.1, -0.05) is 0 Å². The summed E-state index contributed by atoms with van der Waals surface area (Å²) >= 11 is 0. The van der Waals surface area contributed by atoms with Crippen LogP contribution in [0.4, 0.5) is 0 Å². The van der Waals surface area contributed by atoms with Gasteiger partial charge < -0.3 is 0 Å². The first-order chi connectivity index (χ1) is 2.00. The number of hydrogen-bond acceptors (Lipinski definition) is 4. The summed E-state index contributed by atoms with van der Waals surface area (Å²) in [7, 11) is -4.69. The van der Waals surface area contributed by atoms with Crippen molar-refractivity contribution in [2.24, 2.45) is 0 Å². The molecule has 0 saturated carbocycles. The van der Waals surface area contributed by atoms with Gasteiger partial charge in [0.05, 0.1) is 14.9 Å². The molecule has 0 heterocycles. The molecule has 0 aromatic heterocycles. The molecule has 0 aliphatic heterocycles. The van der Waals surface area contributed by atoms with E-state index in [9.17, 15) is 0 Å². The Morgan fingerprint density at radius 3 is 1.17 bits per heavy atom. The van der Waals surface area contributed by atoms with Crippen LogP contribution in [-0.2, 0) is 0 Å². The molecule has 0 atom stereocenters. The minimum atomic E-state index is -4.69. The van der Waals surface area contributed by atoms with Crippen LogP contribution >= 0.6 is 0 Å².